The quantitative estimate of drug-likeness (QED) is 0.744. The molecular formula is C18H23F3N2O6. The van der Waals surface area contributed by atoms with E-state index in [0.717, 1.165) is 12.2 Å². The van der Waals surface area contributed by atoms with E-state index in [0.29, 0.717) is 32.8 Å². The van der Waals surface area contributed by atoms with Crippen LogP contribution in [0, 0.1) is 0 Å². The van der Waals surface area contributed by atoms with Crippen molar-refractivity contribution in [3.8, 4) is 0 Å². The number of alkyl halides is 3. The second kappa shape index (κ2) is 10.0. The highest BCUT2D eigenvalue weighted by molar-refractivity contribution is 5.95. The zero-order valence-corrected chi connectivity index (χ0v) is 15.6. The fourth-order valence-electron chi connectivity index (χ4n) is 3.06. The summed E-state index contributed by atoms with van der Waals surface area (Å²) in [4.78, 5) is 25.0. The number of carboxylic acid groups (broad SMARTS) is 1. The first-order chi connectivity index (χ1) is 13.7. The third kappa shape index (κ3) is 6.67. The molecule has 0 aliphatic carbocycles. The molecule has 1 amide bonds. The molecule has 1 atom stereocenters. The minimum atomic E-state index is -5.08. The van der Waals surface area contributed by atoms with Gasteiger partial charge in [-0.3, -0.25) is 9.69 Å². The highest BCUT2D eigenvalue weighted by Crippen LogP contribution is 2.27. The number of amides is 1. The molecule has 2 saturated heterocycles. The van der Waals surface area contributed by atoms with Gasteiger partial charge in [-0.1, -0.05) is 18.2 Å². The number of rotatable bonds is 3. The number of anilines is 1. The fourth-order valence-corrected chi connectivity index (χ4v) is 3.06. The van der Waals surface area contributed by atoms with E-state index in [4.69, 9.17) is 19.4 Å². The molecule has 2 aliphatic rings. The van der Waals surface area contributed by atoms with Gasteiger partial charge in [0.25, 0.3) is 5.91 Å². The number of carbonyl (C=O) groups is 2. The predicted molar refractivity (Wildman–Crippen MR) is 95.5 cm³/mol. The molecule has 2 N–H and O–H groups in total. The van der Waals surface area contributed by atoms with Crippen molar-refractivity contribution >= 4 is 17.6 Å². The van der Waals surface area contributed by atoms with Crippen LogP contribution in [0.25, 0.3) is 0 Å². The minimum Gasteiger partial charge on any atom is -0.475 e. The number of carbonyl (C=O) groups excluding carboxylic acids is 1. The Morgan fingerprint density at radius 2 is 1.86 bits per heavy atom. The average Bonchev–Trinajstić information content (AvgIpc) is 2.87. The van der Waals surface area contributed by atoms with Crippen LogP contribution in [0.4, 0.5) is 18.9 Å². The molecule has 3 rings (SSSR count). The Bertz CT molecular complexity index is 688. The van der Waals surface area contributed by atoms with Crippen molar-refractivity contribution < 1.29 is 42.4 Å². The summed E-state index contributed by atoms with van der Waals surface area (Å²) in [5, 5.41) is 16.3. The van der Waals surface area contributed by atoms with Crippen molar-refractivity contribution in [2.75, 3.05) is 57.5 Å². The summed E-state index contributed by atoms with van der Waals surface area (Å²) < 4.78 is 43.3. The summed E-state index contributed by atoms with van der Waals surface area (Å²) in [6.45, 7) is 3.74. The molecule has 11 heteroatoms. The number of benzene rings is 1. The lowest BCUT2D eigenvalue weighted by atomic mass is 10.0. The normalized spacial score (nSPS) is 23.3. The van der Waals surface area contributed by atoms with Gasteiger partial charge in [0.1, 0.15) is 12.2 Å². The molecular weight excluding hydrogens is 397 g/mol. The number of halogens is 3. The van der Waals surface area contributed by atoms with Gasteiger partial charge in [0.15, 0.2) is 0 Å². The van der Waals surface area contributed by atoms with Crippen molar-refractivity contribution in [3.05, 3.63) is 30.3 Å². The molecule has 0 aromatic heterocycles. The van der Waals surface area contributed by atoms with Gasteiger partial charge in [0.2, 0.25) is 0 Å². The van der Waals surface area contributed by atoms with Gasteiger partial charge in [0, 0.05) is 25.3 Å². The van der Waals surface area contributed by atoms with Crippen LogP contribution in [0.3, 0.4) is 0 Å². The zero-order chi connectivity index (χ0) is 21.5. The van der Waals surface area contributed by atoms with Crippen LogP contribution in [-0.4, -0.2) is 91.4 Å². The Hall–Kier alpha value is -2.21. The van der Waals surface area contributed by atoms with E-state index in [9.17, 15) is 23.1 Å². The maximum atomic E-state index is 12.2. The third-order valence-electron chi connectivity index (χ3n) is 4.40. The first-order valence-electron chi connectivity index (χ1n) is 8.87. The van der Waals surface area contributed by atoms with Gasteiger partial charge in [-0.05, 0) is 12.1 Å². The second-order valence-corrected chi connectivity index (χ2v) is 6.64. The van der Waals surface area contributed by atoms with Crippen LogP contribution >= 0.6 is 0 Å². The number of β-amino-alcohol motifs (C(OH)–C–C–N with tert-alkyl or cyclic N) is 1. The summed E-state index contributed by atoms with van der Waals surface area (Å²) in [6.07, 6.45) is -5.08. The number of aliphatic carboxylic acids is 1. The zero-order valence-electron chi connectivity index (χ0n) is 15.6. The highest BCUT2D eigenvalue weighted by atomic mass is 19.4. The molecule has 2 aliphatic heterocycles. The van der Waals surface area contributed by atoms with Crippen molar-refractivity contribution in [2.45, 2.75) is 11.8 Å². The summed E-state index contributed by atoms with van der Waals surface area (Å²) in [7, 11) is 0. The van der Waals surface area contributed by atoms with E-state index in [1.165, 1.54) is 0 Å². The molecule has 0 bridgehead atoms. The molecule has 1 aromatic rings. The molecule has 0 saturated carbocycles. The molecule has 162 valence electrons. The van der Waals surface area contributed by atoms with Gasteiger partial charge >= 0.3 is 12.1 Å². The van der Waals surface area contributed by atoms with Crippen LogP contribution in [0.2, 0.25) is 0 Å². The smallest absolute Gasteiger partial charge is 0.475 e. The molecule has 29 heavy (non-hydrogen) atoms. The summed E-state index contributed by atoms with van der Waals surface area (Å²) in [5.74, 6) is -2.79. The molecule has 1 aromatic carbocycles. The first kappa shape index (κ1) is 23.1. The monoisotopic (exact) mass is 420 g/mol. The van der Waals surface area contributed by atoms with Gasteiger partial charge in [-0.15, -0.1) is 0 Å². The van der Waals surface area contributed by atoms with Gasteiger partial charge < -0.3 is 24.6 Å². The SMILES string of the molecule is O=C(O)C(F)(F)F.O=C1COC2(COCCN(CCO)C2)CN1c1ccccc1. The molecule has 1 unspecified atom stereocenters. The van der Waals surface area contributed by atoms with Crippen LogP contribution in [-0.2, 0) is 19.1 Å². The molecule has 8 nitrogen and oxygen atoms in total. The van der Waals surface area contributed by atoms with Crippen LogP contribution in [0.1, 0.15) is 0 Å². The molecule has 2 fully saturated rings. The van der Waals surface area contributed by atoms with Gasteiger partial charge in [0.05, 0.1) is 26.4 Å². The lowest BCUT2D eigenvalue weighted by Crippen LogP contribution is -2.61. The molecule has 0 radical (unpaired) electrons. The summed E-state index contributed by atoms with van der Waals surface area (Å²) in [6, 6.07) is 9.64. The van der Waals surface area contributed by atoms with Crippen molar-refractivity contribution in [1.29, 1.82) is 0 Å². The van der Waals surface area contributed by atoms with E-state index in [2.05, 4.69) is 4.90 Å². The Labute approximate surface area is 165 Å². The van der Waals surface area contributed by atoms with E-state index < -0.39 is 17.7 Å². The highest BCUT2D eigenvalue weighted by Gasteiger charge is 2.43. The summed E-state index contributed by atoms with van der Waals surface area (Å²) in [5.41, 5.74) is 0.350. The largest absolute Gasteiger partial charge is 0.490 e. The topological polar surface area (TPSA) is 99.5 Å². The van der Waals surface area contributed by atoms with Gasteiger partial charge in [-0.2, -0.15) is 13.2 Å². The Morgan fingerprint density at radius 1 is 1.21 bits per heavy atom. The molecule has 1 spiro atoms. The molecule has 2 heterocycles. The standard InChI is InChI=1S/C16H22N2O4.C2HF3O2/c19-8-6-17-7-9-21-13-16(11-17)12-18(15(20)10-22-16)14-4-2-1-3-5-14;3-2(4,5)1(6)7/h1-5,19H,6-13H2;(H,6,7). The maximum absolute atomic E-state index is 12.2. The van der Waals surface area contributed by atoms with Gasteiger partial charge in [-0.25, -0.2) is 4.79 Å². The second-order valence-electron chi connectivity index (χ2n) is 6.64. The first-order valence-corrected chi connectivity index (χ1v) is 8.87. The van der Waals surface area contributed by atoms with Crippen molar-refractivity contribution in [3.63, 3.8) is 0 Å². The fraction of sp³-hybridized carbons (Fsp3) is 0.556. The third-order valence-corrected chi connectivity index (χ3v) is 4.40. The Kier molecular flexibility index (Phi) is 7.96. The number of hydrogen-bond acceptors (Lipinski definition) is 6. The number of aliphatic hydroxyl groups excluding tert-OH is 1. The average molecular weight is 420 g/mol. The minimum absolute atomic E-state index is 0.0326. The van der Waals surface area contributed by atoms with E-state index in [1.807, 2.05) is 30.3 Å². The summed E-state index contributed by atoms with van der Waals surface area (Å²) >= 11 is 0. The Morgan fingerprint density at radius 3 is 2.45 bits per heavy atom. The van der Waals surface area contributed by atoms with E-state index in [1.54, 1.807) is 4.90 Å². The number of hydrogen-bond donors (Lipinski definition) is 2. The number of carboxylic acids is 1. The number of aliphatic hydroxyl groups is 1. The lowest BCUT2D eigenvalue weighted by molar-refractivity contribution is -0.192. The maximum Gasteiger partial charge on any atom is 0.490 e. The van der Waals surface area contributed by atoms with Crippen LogP contribution in [0.5, 0.6) is 0 Å². The van der Waals surface area contributed by atoms with Crippen LogP contribution < -0.4 is 4.90 Å². The lowest BCUT2D eigenvalue weighted by Gasteiger charge is -2.43. The van der Waals surface area contributed by atoms with Crippen LogP contribution in [0.15, 0.2) is 30.3 Å². The van der Waals surface area contributed by atoms with Crippen molar-refractivity contribution in [1.82, 2.24) is 4.90 Å². The number of morpholine rings is 1. The number of para-hydroxylation sites is 1. The van der Waals surface area contributed by atoms with Crippen molar-refractivity contribution in [2.24, 2.45) is 0 Å². The Balaban J connectivity index is 0.000000370. The number of nitrogens with zero attached hydrogens (tertiary/aromatic N) is 2. The van der Waals surface area contributed by atoms with E-state index in [-0.39, 0.29) is 19.1 Å². The van der Waals surface area contributed by atoms with E-state index >= 15 is 0 Å². The predicted octanol–water partition coefficient (Wildman–Crippen LogP) is 0.746. The number of ether oxygens (including phenoxy) is 2.